The van der Waals surface area contributed by atoms with E-state index in [-0.39, 0.29) is 17.1 Å². The Balaban J connectivity index is 1.40. The highest BCUT2D eigenvalue weighted by molar-refractivity contribution is 7.15. The van der Waals surface area contributed by atoms with Crippen molar-refractivity contribution in [2.24, 2.45) is 5.41 Å². The molecule has 1 atom stereocenters. The van der Waals surface area contributed by atoms with Crippen LogP contribution in [0.15, 0.2) is 36.7 Å². The third-order valence-electron chi connectivity index (χ3n) is 6.31. The topological polar surface area (TPSA) is 88.0 Å². The Labute approximate surface area is 191 Å². The second-order valence-corrected chi connectivity index (χ2v) is 9.95. The highest BCUT2D eigenvalue weighted by Gasteiger charge is 2.57. The second kappa shape index (κ2) is 7.59. The molecule has 2 fully saturated rings. The number of ketones is 1. The van der Waals surface area contributed by atoms with Crippen LogP contribution in [0.4, 0.5) is 24.8 Å². The maximum atomic E-state index is 13.0. The van der Waals surface area contributed by atoms with Crippen LogP contribution in [0.3, 0.4) is 0 Å². The molecule has 0 bridgehead atoms. The van der Waals surface area contributed by atoms with Gasteiger partial charge in [0.15, 0.2) is 0 Å². The van der Waals surface area contributed by atoms with Crippen LogP contribution in [0.5, 0.6) is 0 Å². The van der Waals surface area contributed by atoms with Gasteiger partial charge in [-0.25, -0.2) is 15.0 Å². The van der Waals surface area contributed by atoms with Crippen molar-refractivity contribution >= 4 is 28.8 Å². The van der Waals surface area contributed by atoms with Gasteiger partial charge in [-0.3, -0.25) is 4.79 Å². The average Bonchev–Trinajstić information content (AvgIpc) is 3.32. The number of aromatic nitrogens is 3. The molecule has 2 heterocycles. The van der Waals surface area contributed by atoms with E-state index in [4.69, 9.17) is 0 Å². The van der Waals surface area contributed by atoms with Crippen molar-refractivity contribution in [3.8, 4) is 10.4 Å². The van der Waals surface area contributed by atoms with Crippen LogP contribution in [-0.2, 0) is 16.6 Å². The summed E-state index contributed by atoms with van der Waals surface area (Å²) in [5.41, 5.74) is -0.264. The van der Waals surface area contributed by atoms with Crippen molar-refractivity contribution in [2.45, 2.75) is 50.8 Å². The van der Waals surface area contributed by atoms with Gasteiger partial charge < -0.3 is 10.4 Å². The van der Waals surface area contributed by atoms with Crippen molar-refractivity contribution in [2.75, 3.05) is 5.32 Å². The summed E-state index contributed by atoms with van der Waals surface area (Å²) in [5.74, 6) is 0.0949. The van der Waals surface area contributed by atoms with Crippen molar-refractivity contribution in [1.82, 2.24) is 15.0 Å². The number of hydrogen-bond donors (Lipinski definition) is 2. The minimum absolute atomic E-state index is 0.151. The lowest BCUT2D eigenvalue weighted by Crippen LogP contribution is -2.38. The van der Waals surface area contributed by atoms with Crippen molar-refractivity contribution < 1.29 is 23.1 Å². The molecular weight excluding hydrogens is 453 g/mol. The summed E-state index contributed by atoms with van der Waals surface area (Å²) in [6.07, 6.45) is 1.00. The summed E-state index contributed by atoms with van der Waals surface area (Å²) in [6, 6.07) is 6.32. The van der Waals surface area contributed by atoms with Crippen molar-refractivity contribution in [3.05, 3.63) is 52.9 Å². The quantitative estimate of drug-likeness (QED) is 0.527. The number of alkyl halides is 3. The number of carbonyl (C=O) groups is 1. The van der Waals surface area contributed by atoms with E-state index in [2.05, 4.69) is 20.3 Å². The first kappa shape index (κ1) is 22.0. The van der Waals surface area contributed by atoms with E-state index in [0.717, 1.165) is 41.1 Å². The SMILES string of the molecule is Cc1cc(Nc2nccc(C(F)(F)F)n2)cc(-c2cnc(C3(O)CCC(=O)C4(CC4)C3)s2)c1. The fourth-order valence-corrected chi connectivity index (χ4v) is 5.47. The van der Waals surface area contributed by atoms with Crippen LogP contribution in [-0.4, -0.2) is 25.8 Å². The molecule has 1 unspecified atom stereocenters. The number of nitrogens with one attached hydrogen (secondary N) is 1. The number of hydrogen-bond acceptors (Lipinski definition) is 7. The summed E-state index contributed by atoms with van der Waals surface area (Å²) in [6.45, 7) is 1.88. The summed E-state index contributed by atoms with van der Waals surface area (Å²) < 4.78 is 38.9. The fourth-order valence-electron chi connectivity index (χ4n) is 4.45. The molecule has 0 aliphatic heterocycles. The van der Waals surface area contributed by atoms with E-state index in [9.17, 15) is 23.1 Å². The Hall–Kier alpha value is -2.85. The van der Waals surface area contributed by atoms with Crippen LogP contribution in [0.1, 0.15) is 48.4 Å². The Morgan fingerprint density at radius 3 is 2.67 bits per heavy atom. The Kier molecular flexibility index (Phi) is 5.06. The molecule has 2 N–H and O–H groups in total. The maximum absolute atomic E-state index is 13.0. The van der Waals surface area contributed by atoms with Gasteiger partial charge in [-0.1, -0.05) is 6.07 Å². The summed E-state index contributed by atoms with van der Waals surface area (Å²) in [5, 5.41) is 14.7. The zero-order valence-corrected chi connectivity index (χ0v) is 18.6. The third kappa shape index (κ3) is 4.24. The van der Waals surface area contributed by atoms with Gasteiger partial charge in [0.05, 0.1) is 4.88 Å². The zero-order valence-electron chi connectivity index (χ0n) is 17.7. The molecule has 10 heteroatoms. The van der Waals surface area contributed by atoms with Crippen LogP contribution >= 0.6 is 11.3 Å². The number of carbonyl (C=O) groups excluding carboxylic acids is 1. The molecule has 2 aromatic heterocycles. The van der Waals surface area contributed by atoms with Crippen LogP contribution < -0.4 is 5.32 Å². The van der Waals surface area contributed by atoms with Gasteiger partial charge in [0.1, 0.15) is 22.1 Å². The van der Waals surface area contributed by atoms with Crippen LogP contribution in [0, 0.1) is 12.3 Å². The molecule has 0 radical (unpaired) electrons. The molecule has 33 heavy (non-hydrogen) atoms. The number of benzene rings is 1. The number of halogens is 3. The predicted octanol–water partition coefficient (Wildman–Crippen LogP) is 5.39. The molecule has 1 spiro atoms. The molecule has 2 aliphatic rings. The Morgan fingerprint density at radius 2 is 1.94 bits per heavy atom. The molecule has 1 aromatic carbocycles. The lowest BCUT2D eigenvalue weighted by Gasteiger charge is -2.34. The molecule has 3 aromatic rings. The number of anilines is 2. The standard InChI is InChI=1S/C23H21F3N4O2S/c1-13-8-14(10-15(9-13)29-20-27-7-3-17(30-20)23(24,25)26)16-11-28-19(33-16)22(32)4-2-18(31)21(12-22)5-6-21/h3,7-11,32H,2,4-6,12H2,1H3,(H,27,29,30). The molecule has 2 saturated carbocycles. The largest absolute Gasteiger partial charge is 0.433 e. The smallest absolute Gasteiger partial charge is 0.383 e. The van der Waals surface area contributed by atoms with Gasteiger partial charge in [-0.05, 0) is 61.9 Å². The van der Waals surface area contributed by atoms with Gasteiger partial charge in [-0.15, -0.1) is 11.3 Å². The Bertz CT molecular complexity index is 1240. The van der Waals surface area contributed by atoms with E-state index in [1.54, 1.807) is 18.3 Å². The highest BCUT2D eigenvalue weighted by Crippen LogP contribution is 2.59. The highest BCUT2D eigenvalue weighted by atomic mass is 32.1. The van der Waals surface area contributed by atoms with Gasteiger partial charge in [0, 0.05) is 29.9 Å². The zero-order chi connectivity index (χ0) is 23.4. The van der Waals surface area contributed by atoms with E-state index in [1.165, 1.54) is 11.3 Å². The first-order valence-electron chi connectivity index (χ1n) is 10.6. The van der Waals surface area contributed by atoms with E-state index in [1.807, 2.05) is 13.0 Å². The second-order valence-electron chi connectivity index (χ2n) is 8.92. The van der Waals surface area contributed by atoms with E-state index < -0.39 is 17.5 Å². The van der Waals surface area contributed by atoms with Gasteiger partial charge in [0.25, 0.3) is 0 Å². The maximum Gasteiger partial charge on any atom is 0.433 e. The third-order valence-corrected chi connectivity index (χ3v) is 7.55. The first-order chi connectivity index (χ1) is 15.6. The van der Waals surface area contributed by atoms with E-state index >= 15 is 0 Å². The van der Waals surface area contributed by atoms with E-state index in [0.29, 0.717) is 30.0 Å². The van der Waals surface area contributed by atoms with Gasteiger partial charge in [0.2, 0.25) is 5.95 Å². The van der Waals surface area contributed by atoms with Gasteiger partial charge >= 0.3 is 6.18 Å². The Morgan fingerprint density at radius 1 is 1.15 bits per heavy atom. The number of thiazole rings is 1. The van der Waals surface area contributed by atoms with Crippen LogP contribution in [0.25, 0.3) is 10.4 Å². The molecular formula is C23H21F3N4O2S. The minimum atomic E-state index is -4.56. The monoisotopic (exact) mass is 474 g/mol. The number of aliphatic hydroxyl groups is 1. The summed E-state index contributed by atoms with van der Waals surface area (Å²) in [4.78, 5) is 25.0. The summed E-state index contributed by atoms with van der Waals surface area (Å²) >= 11 is 1.37. The van der Waals surface area contributed by atoms with Crippen molar-refractivity contribution in [3.63, 3.8) is 0 Å². The normalized spacial score (nSPS) is 21.9. The lowest BCUT2D eigenvalue weighted by molar-refractivity contribution is -0.141. The molecule has 2 aliphatic carbocycles. The molecule has 0 saturated heterocycles. The lowest BCUT2D eigenvalue weighted by atomic mass is 9.75. The summed E-state index contributed by atoms with van der Waals surface area (Å²) in [7, 11) is 0. The minimum Gasteiger partial charge on any atom is -0.383 e. The number of aryl methyl sites for hydroxylation is 1. The van der Waals surface area contributed by atoms with Gasteiger partial charge in [-0.2, -0.15) is 13.2 Å². The van der Waals surface area contributed by atoms with Crippen molar-refractivity contribution in [1.29, 1.82) is 0 Å². The number of Topliss-reactive ketones (excluding diaryl/α,β-unsaturated/α-hetero) is 1. The average molecular weight is 475 g/mol. The fraction of sp³-hybridized carbons (Fsp3) is 0.391. The number of nitrogens with zero attached hydrogens (tertiary/aromatic N) is 3. The molecule has 172 valence electrons. The molecule has 5 rings (SSSR count). The molecule has 6 nitrogen and oxygen atoms in total. The number of rotatable bonds is 4. The van der Waals surface area contributed by atoms with Crippen LogP contribution in [0.2, 0.25) is 0 Å². The predicted molar refractivity (Wildman–Crippen MR) is 117 cm³/mol. The molecule has 0 amide bonds. The first-order valence-corrected chi connectivity index (χ1v) is 11.4.